The van der Waals surface area contributed by atoms with Crippen LogP contribution in [0.2, 0.25) is 0 Å². The molecule has 9 heteroatoms. The quantitative estimate of drug-likeness (QED) is 0.421. The van der Waals surface area contributed by atoms with Gasteiger partial charge >= 0.3 is 6.18 Å². The van der Waals surface area contributed by atoms with Gasteiger partial charge in [0.15, 0.2) is 0 Å². The van der Waals surface area contributed by atoms with Crippen LogP contribution in [0, 0.1) is 0 Å². The molecule has 4 rings (SSSR count). The van der Waals surface area contributed by atoms with Gasteiger partial charge in [0.1, 0.15) is 0 Å². The van der Waals surface area contributed by atoms with Gasteiger partial charge < -0.3 is 21.7 Å². The number of fused-ring (bicyclic) bond motifs is 2. The molecule has 2 aromatic carbocycles. The Morgan fingerprint density at radius 3 is 2.38 bits per heavy atom. The van der Waals surface area contributed by atoms with Gasteiger partial charge in [-0.3, -0.25) is 4.90 Å². The minimum absolute atomic E-state index is 0.162. The van der Waals surface area contributed by atoms with Crippen LogP contribution in [0.4, 0.5) is 18.9 Å². The van der Waals surface area contributed by atoms with Crippen molar-refractivity contribution in [3.8, 4) is 0 Å². The number of nitrogens with one attached hydrogen (secondary N) is 1. The smallest absolute Gasteiger partial charge is 0.382 e. The van der Waals surface area contributed by atoms with Crippen molar-refractivity contribution in [1.29, 1.82) is 0 Å². The molecule has 2 aromatic rings. The standard InChI is InChI=1S/C25H34F3N5S/c26-25(27,28)19-16-22(21-15-18-3-1-2-4-23(18)34-24(21)17-19)31-20-5-9-32(10-6-20)13-14-33(11-7-29)12-8-30/h1-4,16-17,20,31H,5-15,29-30H2. The van der Waals surface area contributed by atoms with Crippen molar-refractivity contribution in [1.82, 2.24) is 9.80 Å². The van der Waals surface area contributed by atoms with Crippen LogP contribution in [0.25, 0.3) is 0 Å². The van der Waals surface area contributed by atoms with E-state index in [0.717, 1.165) is 68.1 Å². The number of hydrogen-bond acceptors (Lipinski definition) is 6. The van der Waals surface area contributed by atoms with Gasteiger partial charge in [0.25, 0.3) is 0 Å². The third-order valence-electron chi connectivity index (χ3n) is 6.67. The molecule has 2 heterocycles. The number of anilines is 1. The molecule has 0 aliphatic carbocycles. The number of likely N-dealkylation sites (tertiary alicyclic amines) is 1. The lowest BCUT2D eigenvalue weighted by molar-refractivity contribution is -0.137. The summed E-state index contributed by atoms with van der Waals surface area (Å²) in [5.41, 5.74) is 13.6. The first-order valence-corrected chi connectivity index (χ1v) is 12.8. The summed E-state index contributed by atoms with van der Waals surface area (Å²) in [5, 5.41) is 3.49. The first kappa shape index (κ1) is 25.3. The lowest BCUT2D eigenvalue weighted by Gasteiger charge is -2.35. The Balaban J connectivity index is 1.42. The fourth-order valence-electron chi connectivity index (χ4n) is 4.77. The molecule has 0 amide bonds. The van der Waals surface area contributed by atoms with Gasteiger partial charge in [0.05, 0.1) is 5.56 Å². The highest BCUT2D eigenvalue weighted by Gasteiger charge is 2.34. The number of piperidine rings is 1. The molecular formula is C25H34F3N5S. The van der Waals surface area contributed by atoms with E-state index in [1.165, 1.54) is 23.9 Å². The molecular weight excluding hydrogens is 459 g/mol. The van der Waals surface area contributed by atoms with Crippen LogP contribution in [0.15, 0.2) is 46.2 Å². The summed E-state index contributed by atoms with van der Waals surface area (Å²) in [4.78, 5) is 6.45. The predicted octanol–water partition coefficient (Wildman–Crippen LogP) is 3.86. The van der Waals surface area contributed by atoms with Crippen molar-refractivity contribution in [3.63, 3.8) is 0 Å². The molecule has 0 radical (unpaired) electrons. The first-order valence-electron chi connectivity index (χ1n) is 12.0. The van der Waals surface area contributed by atoms with Crippen LogP contribution in [-0.4, -0.2) is 68.2 Å². The maximum absolute atomic E-state index is 13.7. The van der Waals surface area contributed by atoms with E-state index in [1.54, 1.807) is 0 Å². The Hall–Kier alpha value is -1.78. The van der Waals surface area contributed by atoms with Crippen LogP contribution in [-0.2, 0) is 12.6 Å². The number of benzene rings is 2. The Bertz CT molecular complexity index is 954. The maximum Gasteiger partial charge on any atom is 0.416 e. The van der Waals surface area contributed by atoms with E-state index in [-0.39, 0.29) is 6.04 Å². The molecule has 1 saturated heterocycles. The third kappa shape index (κ3) is 6.26. The summed E-state index contributed by atoms with van der Waals surface area (Å²) in [6.07, 6.45) is -1.91. The summed E-state index contributed by atoms with van der Waals surface area (Å²) in [5.74, 6) is 0. The van der Waals surface area contributed by atoms with Gasteiger partial charge in [0.2, 0.25) is 0 Å². The molecule has 0 atom stereocenters. The molecule has 5 nitrogen and oxygen atoms in total. The lowest BCUT2D eigenvalue weighted by atomic mass is 9.98. The fraction of sp³-hybridized carbons (Fsp3) is 0.520. The highest BCUT2D eigenvalue weighted by atomic mass is 32.2. The summed E-state index contributed by atoms with van der Waals surface area (Å²) in [6, 6.07) is 10.7. The summed E-state index contributed by atoms with van der Waals surface area (Å²) >= 11 is 1.44. The minimum atomic E-state index is -4.37. The SMILES string of the molecule is NCCN(CCN)CCN1CCC(Nc2cc(C(F)(F)F)cc3c2Cc2ccccc2S3)CC1. The van der Waals surface area contributed by atoms with E-state index in [9.17, 15) is 13.2 Å². The van der Waals surface area contributed by atoms with E-state index in [0.29, 0.717) is 30.1 Å². The maximum atomic E-state index is 13.7. The van der Waals surface area contributed by atoms with Crippen LogP contribution >= 0.6 is 11.8 Å². The number of nitrogens with two attached hydrogens (primary N) is 2. The van der Waals surface area contributed by atoms with E-state index in [4.69, 9.17) is 11.5 Å². The van der Waals surface area contributed by atoms with Crippen molar-refractivity contribution in [2.24, 2.45) is 11.5 Å². The minimum Gasteiger partial charge on any atom is -0.382 e. The lowest BCUT2D eigenvalue weighted by Crippen LogP contribution is -2.44. The molecule has 0 saturated carbocycles. The molecule has 5 N–H and O–H groups in total. The highest BCUT2D eigenvalue weighted by molar-refractivity contribution is 7.99. The van der Waals surface area contributed by atoms with Crippen molar-refractivity contribution in [2.45, 2.75) is 41.3 Å². The second-order valence-electron chi connectivity index (χ2n) is 9.06. The third-order valence-corrected chi connectivity index (χ3v) is 7.87. The fourth-order valence-corrected chi connectivity index (χ4v) is 5.92. The molecule has 2 aliphatic rings. The van der Waals surface area contributed by atoms with Crippen LogP contribution in [0.1, 0.15) is 29.5 Å². The number of alkyl halides is 3. The van der Waals surface area contributed by atoms with Gasteiger partial charge in [-0.2, -0.15) is 13.2 Å². The number of rotatable bonds is 9. The highest BCUT2D eigenvalue weighted by Crippen LogP contribution is 2.45. The largest absolute Gasteiger partial charge is 0.416 e. The topological polar surface area (TPSA) is 70.5 Å². The van der Waals surface area contributed by atoms with Gasteiger partial charge in [0, 0.05) is 80.3 Å². The van der Waals surface area contributed by atoms with Gasteiger partial charge in [-0.1, -0.05) is 30.0 Å². The number of hydrogen-bond donors (Lipinski definition) is 3. The van der Waals surface area contributed by atoms with E-state index in [1.807, 2.05) is 18.2 Å². The Morgan fingerprint density at radius 2 is 1.71 bits per heavy atom. The van der Waals surface area contributed by atoms with Gasteiger partial charge in [-0.15, -0.1) is 0 Å². The monoisotopic (exact) mass is 493 g/mol. The predicted molar refractivity (Wildman–Crippen MR) is 132 cm³/mol. The molecule has 0 aromatic heterocycles. The van der Waals surface area contributed by atoms with Crippen LogP contribution < -0.4 is 16.8 Å². The van der Waals surface area contributed by atoms with Gasteiger partial charge in [-0.05, 0) is 42.2 Å². The molecule has 0 spiro atoms. The van der Waals surface area contributed by atoms with Gasteiger partial charge in [-0.25, -0.2) is 0 Å². The van der Waals surface area contributed by atoms with E-state index >= 15 is 0 Å². The average Bonchev–Trinajstić information content (AvgIpc) is 2.82. The second-order valence-corrected chi connectivity index (χ2v) is 10.1. The molecule has 34 heavy (non-hydrogen) atoms. The average molecular weight is 494 g/mol. The van der Waals surface area contributed by atoms with E-state index in [2.05, 4.69) is 21.2 Å². The number of nitrogens with zero attached hydrogens (tertiary/aromatic N) is 2. The zero-order valence-electron chi connectivity index (χ0n) is 19.4. The first-order chi connectivity index (χ1) is 16.4. The van der Waals surface area contributed by atoms with Crippen molar-refractivity contribution in [2.75, 3.05) is 57.7 Å². The van der Waals surface area contributed by atoms with Crippen LogP contribution in [0.5, 0.6) is 0 Å². The van der Waals surface area contributed by atoms with Crippen molar-refractivity contribution >= 4 is 17.4 Å². The molecule has 1 fully saturated rings. The second kappa shape index (κ2) is 11.3. The number of halogens is 3. The van der Waals surface area contributed by atoms with Crippen molar-refractivity contribution < 1.29 is 13.2 Å². The Kier molecular flexibility index (Phi) is 8.42. The Labute approximate surface area is 204 Å². The van der Waals surface area contributed by atoms with E-state index < -0.39 is 11.7 Å². The normalized spacial score (nSPS) is 17.0. The zero-order valence-corrected chi connectivity index (χ0v) is 20.2. The molecule has 0 unspecified atom stereocenters. The zero-order chi connectivity index (χ0) is 24.1. The Morgan fingerprint density at radius 1 is 1.00 bits per heavy atom. The molecule has 0 bridgehead atoms. The summed E-state index contributed by atoms with van der Waals surface area (Å²) in [7, 11) is 0. The summed E-state index contributed by atoms with van der Waals surface area (Å²) in [6.45, 7) is 6.68. The molecule has 2 aliphatic heterocycles. The summed E-state index contributed by atoms with van der Waals surface area (Å²) < 4.78 is 41.0. The van der Waals surface area contributed by atoms with Crippen LogP contribution in [0.3, 0.4) is 0 Å². The molecule has 186 valence electrons. The van der Waals surface area contributed by atoms with Crippen molar-refractivity contribution in [3.05, 3.63) is 53.1 Å².